The molecule has 4 aromatic rings. The van der Waals surface area contributed by atoms with E-state index in [1.165, 1.54) is 4.90 Å². The first-order valence-corrected chi connectivity index (χ1v) is 13.9. The quantitative estimate of drug-likeness (QED) is 0.180. The number of carbonyl (C=O) groups is 2. The van der Waals surface area contributed by atoms with Crippen molar-refractivity contribution in [2.45, 2.75) is 38.8 Å². The van der Waals surface area contributed by atoms with Crippen molar-refractivity contribution in [3.05, 3.63) is 96.6 Å². The molecule has 0 spiro atoms. The van der Waals surface area contributed by atoms with E-state index in [2.05, 4.69) is 6.92 Å². The maximum atomic E-state index is 14.2. The first-order chi connectivity index (χ1) is 19.6. The molecular formula is C33H32N2O5. The predicted octanol–water partition coefficient (Wildman–Crippen LogP) is 6.47. The van der Waals surface area contributed by atoms with Gasteiger partial charge in [-0.3, -0.25) is 14.4 Å². The zero-order valence-corrected chi connectivity index (χ0v) is 22.7. The van der Waals surface area contributed by atoms with Crippen LogP contribution in [0.4, 0.5) is 11.4 Å². The van der Waals surface area contributed by atoms with Crippen molar-refractivity contribution in [2.75, 3.05) is 23.2 Å². The summed E-state index contributed by atoms with van der Waals surface area (Å²) >= 11 is 0. The zero-order valence-electron chi connectivity index (χ0n) is 22.7. The predicted molar refractivity (Wildman–Crippen MR) is 154 cm³/mol. The minimum atomic E-state index is -0.951. The van der Waals surface area contributed by atoms with Gasteiger partial charge >= 0.3 is 0 Å². The third kappa shape index (κ3) is 4.46. The number of amides is 2. The van der Waals surface area contributed by atoms with Gasteiger partial charge in [0, 0.05) is 5.39 Å². The number of imide groups is 1. The summed E-state index contributed by atoms with van der Waals surface area (Å²) < 4.78 is 12.0. The van der Waals surface area contributed by atoms with Gasteiger partial charge in [-0.25, -0.2) is 9.96 Å². The molecule has 0 aromatic heterocycles. The second-order valence-corrected chi connectivity index (χ2v) is 10.0. The Kier molecular flexibility index (Phi) is 7.13. The molecular weight excluding hydrogens is 504 g/mol. The summed E-state index contributed by atoms with van der Waals surface area (Å²) in [6, 6.07) is 28.2. The van der Waals surface area contributed by atoms with Crippen molar-refractivity contribution in [1.82, 2.24) is 0 Å². The molecule has 0 N–H and O–H groups in total. The van der Waals surface area contributed by atoms with Crippen LogP contribution >= 0.6 is 0 Å². The summed E-state index contributed by atoms with van der Waals surface area (Å²) in [6.45, 7) is 5.10. The Labute approximate surface area is 233 Å². The Hall–Kier alpha value is -4.36. The molecule has 0 aliphatic carbocycles. The first-order valence-electron chi connectivity index (χ1n) is 13.9. The number of carbonyl (C=O) groups excluding carboxylic acids is 2. The fourth-order valence-electron chi connectivity index (χ4n) is 5.62. The number of nitrogens with zero attached hydrogens (tertiary/aromatic N) is 2. The Balaban J connectivity index is 1.42. The van der Waals surface area contributed by atoms with Gasteiger partial charge in [0.2, 0.25) is 5.91 Å². The SMILES string of the molecule is CCCCOc1ccc([C@@H]2[C@@H]3C(=O)N(c4cccc5ccccc45)C(=O)[C@H]3ON2c2ccccc2)cc1OCC. The van der Waals surface area contributed by atoms with Crippen molar-refractivity contribution in [3.63, 3.8) is 0 Å². The summed E-state index contributed by atoms with van der Waals surface area (Å²) in [5.74, 6) is -0.120. The van der Waals surface area contributed by atoms with Crippen molar-refractivity contribution >= 4 is 34.0 Å². The van der Waals surface area contributed by atoms with Crippen LogP contribution in [-0.4, -0.2) is 31.1 Å². The highest BCUT2D eigenvalue weighted by Gasteiger charge is 2.60. The van der Waals surface area contributed by atoms with Crippen LogP contribution < -0.4 is 19.4 Å². The number of rotatable bonds is 9. The average Bonchev–Trinajstić information content (AvgIpc) is 3.49. The smallest absolute Gasteiger partial charge is 0.266 e. The van der Waals surface area contributed by atoms with E-state index >= 15 is 0 Å². The van der Waals surface area contributed by atoms with Crippen LogP contribution in [0.3, 0.4) is 0 Å². The molecule has 0 unspecified atom stereocenters. The van der Waals surface area contributed by atoms with Gasteiger partial charge in [0.25, 0.3) is 5.91 Å². The number of para-hydroxylation sites is 1. The number of hydrogen-bond donors (Lipinski definition) is 0. The lowest BCUT2D eigenvalue weighted by atomic mass is 9.90. The van der Waals surface area contributed by atoms with Crippen molar-refractivity contribution < 1.29 is 23.9 Å². The molecule has 4 aromatic carbocycles. The number of ether oxygens (including phenoxy) is 2. The lowest BCUT2D eigenvalue weighted by molar-refractivity contribution is -0.126. The van der Waals surface area contributed by atoms with Gasteiger partial charge in [-0.05, 0) is 54.6 Å². The standard InChI is InChI=1S/C33H32N2O5/c1-3-5-20-39-27-19-18-23(21-28(27)38-4-2)30-29-31(40-35(30)24-14-7-6-8-15-24)33(37)34(32(29)36)26-17-11-13-22-12-9-10-16-25(22)26/h6-19,21,29-31H,3-5,20H2,1-2H3/t29-,30+,31-/m0/s1. The van der Waals surface area contributed by atoms with E-state index in [1.54, 1.807) is 5.06 Å². The summed E-state index contributed by atoms with van der Waals surface area (Å²) in [5, 5.41) is 3.50. The monoisotopic (exact) mass is 536 g/mol. The van der Waals surface area contributed by atoms with E-state index in [1.807, 2.05) is 97.9 Å². The number of hydrogen-bond acceptors (Lipinski definition) is 6. The normalized spacial score (nSPS) is 20.3. The Morgan fingerprint density at radius 2 is 1.57 bits per heavy atom. The Morgan fingerprint density at radius 3 is 2.38 bits per heavy atom. The van der Waals surface area contributed by atoms with Crippen LogP contribution in [0.2, 0.25) is 0 Å². The highest BCUT2D eigenvalue weighted by atomic mass is 16.7. The molecule has 7 heteroatoms. The second-order valence-electron chi connectivity index (χ2n) is 10.0. The van der Waals surface area contributed by atoms with Gasteiger partial charge in [0.15, 0.2) is 17.6 Å². The van der Waals surface area contributed by atoms with Gasteiger partial charge in [0.05, 0.1) is 30.6 Å². The molecule has 0 bridgehead atoms. The van der Waals surface area contributed by atoms with Crippen LogP contribution in [-0.2, 0) is 14.4 Å². The van der Waals surface area contributed by atoms with E-state index in [0.717, 1.165) is 34.9 Å². The summed E-state index contributed by atoms with van der Waals surface area (Å²) in [5.41, 5.74) is 2.15. The number of benzene rings is 4. The summed E-state index contributed by atoms with van der Waals surface area (Å²) in [4.78, 5) is 35.7. The third-order valence-corrected chi connectivity index (χ3v) is 7.50. The molecule has 3 atom stereocenters. The van der Waals surface area contributed by atoms with Gasteiger partial charge in [0.1, 0.15) is 5.92 Å². The average molecular weight is 537 g/mol. The molecule has 7 nitrogen and oxygen atoms in total. The zero-order chi connectivity index (χ0) is 27.6. The van der Waals surface area contributed by atoms with Gasteiger partial charge in [-0.15, -0.1) is 0 Å². The molecule has 0 radical (unpaired) electrons. The molecule has 40 heavy (non-hydrogen) atoms. The van der Waals surface area contributed by atoms with E-state index in [-0.39, 0.29) is 11.8 Å². The van der Waals surface area contributed by atoms with Crippen LogP contribution in [0.1, 0.15) is 38.3 Å². The maximum Gasteiger partial charge on any atom is 0.266 e. The third-order valence-electron chi connectivity index (χ3n) is 7.50. The fourth-order valence-corrected chi connectivity index (χ4v) is 5.62. The maximum absolute atomic E-state index is 14.2. The molecule has 6 rings (SSSR count). The van der Waals surface area contributed by atoms with E-state index in [4.69, 9.17) is 14.3 Å². The summed E-state index contributed by atoms with van der Waals surface area (Å²) in [7, 11) is 0. The van der Waals surface area contributed by atoms with Crippen LogP contribution in [0.5, 0.6) is 11.5 Å². The molecule has 204 valence electrons. The molecule has 0 saturated carbocycles. The molecule has 2 aliphatic heterocycles. The number of anilines is 2. The van der Waals surface area contributed by atoms with Gasteiger partial charge in [-0.2, -0.15) is 0 Å². The van der Waals surface area contributed by atoms with Crippen LogP contribution in [0.25, 0.3) is 10.8 Å². The number of hydroxylamine groups is 1. The second kappa shape index (κ2) is 11.0. The van der Waals surface area contributed by atoms with Gasteiger partial charge in [-0.1, -0.05) is 74.0 Å². The lowest BCUT2D eigenvalue weighted by Crippen LogP contribution is -2.37. The van der Waals surface area contributed by atoms with Crippen molar-refractivity contribution in [2.24, 2.45) is 5.92 Å². The van der Waals surface area contributed by atoms with E-state index in [0.29, 0.717) is 30.4 Å². The molecule has 2 aliphatic rings. The fraction of sp³-hybridized carbons (Fsp3) is 0.273. The lowest BCUT2D eigenvalue weighted by Gasteiger charge is -2.29. The van der Waals surface area contributed by atoms with Gasteiger partial charge < -0.3 is 9.47 Å². The van der Waals surface area contributed by atoms with Crippen molar-refractivity contribution in [3.8, 4) is 11.5 Å². The van der Waals surface area contributed by atoms with E-state index in [9.17, 15) is 9.59 Å². The minimum absolute atomic E-state index is 0.281. The molecule has 2 amide bonds. The highest BCUT2D eigenvalue weighted by molar-refractivity contribution is 6.26. The largest absolute Gasteiger partial charge is 0.490 e. The highest BCUT2D eigenvalue weighted by Crippen LogP contribution is 2.49. The van der Waals surface area contributed by atoms with Crippen molar-refractivity contribution in [1.29, 1.82) is 0 Å². The molecule has 2 heterocycles. The number of fused-ring (bicyclic) bond motifs is 2. The Bertz CT molecular complexity index is 1530. The van der Waals surface area contributed by atoms with Crippen LogP contribution in [0.15, 0.2) is 91.0 Å². The Morgan fingerprint density at radius 1 is 0.800 bits per heavy atom. The minimum Gasteiger partial charge on any atom is -0.490 e. The molecule has 2 fully saturated rings. The van der Waals surface area contributed by atoms with Crippen LogP contribution in [0, 0.1) is 5.92 Å². The summed E-state index contributed by atoms with van der Waals surface area (Å²) in [6.07, 6.45) is 1.02. The first kappa shape index (κ1) is 25.9. The topological polar surface area (TPSA) is 68.3 Å². The molecule has 2 saturated heterocycles. The van der Waals surface area contributed by atoms with E-state index < -0.39 is 18.1 Å². The number of unbranched alkanes of at least 4 members (excludes halogenated alkanes) is 1.